The molecule has 1 N–H and O–H groups in total. The standard InChI is InChI=1S/C13H15Cl3N2O4S.C9H9Cl3N2O2S.C4H7BrO2.CH2O3.CH4.2K.H/c1-2-22-12(19)8-17-4-3-5-18(23(17,20)21)13-10(15)6-9(14)7-11(13)16;10-6-4-7(11)9(8(12)5-6)14-3-1-2-13-17(14,15)16;1-2-7-4(6)3-5;2-1-4-3;;;;/h6-7H,2-5,8H2,1H3;4-5,13H,1-3H2;2-3H2,1H3;1,3H;1H4;;;/q;;;;;2*+1;-1/p-1. The van der Waals surface area contributed by atoms with Crippen LogP contribution in [0.5, 0.6) is 0 Å². The number of hydrogen-bond acceptors (Lipinski definition) is 11. The van der Waals surface area contributed by atoms with E-state index >= 15 is 0 Å². The molecular weight excluding hydrogens is 1000 g/mol. The minimum Gasteiger partial charge on any atom is -1.00 e. The van der Waals surface area contributed by atoms with Crippen LogP contribution in [0.15, 0.2) is 24.3 Å². The topological polar surface area (TPSA) is 192 Å². The van der Waals surface area contributed by atoms with E-state index in [1.807, 2.05) is 0 Å². The Bertz CT molecular complexity index is 1690. The van der Waals surface area contributed by atoms with E-state index in [4.69, 9.17) is 84.4 Å². The Morgan fingerprint density at radius 1 is 0.815 bits per heavy atom. The van der Waals surface area contributed by atoms with Gasteiger partial charge in [-0.25, -0.2) is 0 Å². The van der Waals surface area contributed by atoms with Gasteiger partial charge in [-0.3, -0.25) is 23.0 Å². The molecule has 26 heteroatoms. The minimum atomic E-state index is -3.93. The first-order valence-electron chi connectivity index (χ1n) is 14.3. The number of carbonyl (C=O) groups is 3. The second kappa shape index (κ2) is 30.7. The second-order valence-corrected chi connectivity index (χ2v) is 16.1. The summed E-state index contributed by atoms with van der Waals surface area (Å²) in [5.41, 5.74) is 0.427. The summed E-state index contributed by atoms with van der Waals surface area (Å²) in [5, 5.41) is 10.1. The number of alkyl halides is 1. The number of benzene rings is 2. The van der Waals surface area contributed by atoms with Gasteiger partial charge in [-0.2, -0.15) is 25.9 Å². The van der Waals surface area contributed by atoms with Gasteiger partial charge in [0.05, 0.1) is 44.7 Å². The maximum Gasteiger partial charge on any atom is 1.00 e. The number of nitrogens with zero attached hydrogens (tertiary/aromatic N) is 3. The van der Waals surface area contributed by atoms with Gasteiger partial charge in [0.25, 0.3) is 6.47 Å². The number of nitrogens with one attached hydrogen (secondary N) is 1. The van der Waals surface area contributed by atoms with E-state index in [-0.39, 0.29) is 182 Å². The Kier molecular flexibility index (Phi) is 34.1. The Hall–Kier alpha value is 1.72. The number of carbonyl (C=O) groups excluding carboxylic acids is 3. The van der Waals surface area contributed by atoms with Crippen molar-refractivity contribution in [3.8, 4) is 0 Å². The molecule has 0 bridgehead atoms. The monoisotopic (exact) mass is 1040 g/mol. The van der Waals surface area contributed by atoms with Crippen LogP contribution in [0.2, 0.25) is 30.1 Å². The zero-order valence-corrected chi connectivity index (χ0v) is 42.8. The SMILES string of the molecule is C.CCOC(=O)CBr.CCOC(=O)CN1CCCN(c2c(Cl)cc(Cl)cc2Cl)S1(=O)=O.O=CO[O-].O=S1(=O)NCCCN1c1c(Cl)cc(Cl)cc1Cl.[H-].[K+].[K+]. The molecule has 0 saturated carbocycles. The molecule has 298 valence electrons. The first-order valence-corrected chi connectivity index (χ1v) is 20.6. The second-order valence-electron chi connectivity index (χ2n) is 9.46. The van der Waals surface area contributed by atoms with E-state index in [9.17, 15) is 26.4 Å². The van der Waals surface area contributed by atoms with Crippen LogP contribution in [-0.4, -0.2) is 90.8 Å². The van der Waals surface area contributed by atoms with E-state index in [2.05, 4.69) is 30.3 Å². The molecule has 0 radical (unpaired) electrons. The summed E-state index contributed by atoms with van der Waals surface area (Å²) in [4.78, 5) is 33.0. The average molecular weight is 1040 g/mol. The Morgan fingerprint density at radius 3 is 1.59 bits per heavy atom. The molecule has 54 heavy (non-hydrogen) atoms. The third-order valence-corrected chi connectivity index (χ3v) is 11.5. The van der Waals surface area contributed by atoms with Crippen molar-refractivity contribution in [1.29, 1.82) is 0 Å². The Morgan fingerprint density at radius 2 is 1.22 bits per heavy atom. The molecule has 0 unspecified atom stereocenters. The van der Waals surface area contributed by atoms with Crippen LogP contribution in [-0.2, 0) is 49.2 Å². The molecule has 2 fully saturated rings. The maximum atomic E-state index is 12.7. The smallest absolute Gasteiger partial charge is 1.00 e. The van der Waals surface area contributed by atoms with Crippen LogP contribution < -0.4 is 121 Å². The van der Waals surface area contributed by atoms with E-state index in [1.165, 1.54) is 24.3 Å². The van der Waals surface area contributed by atoms with Gasteiger partial charge in [0, 0.05) is 36.2 Å². The predicted molar refractivity (Wildman–Crippen MR) is 206 cm³/mol. The normalized spacial score (nSPS) is 15.2. The number of anilines is 2. The molecular formula is C28H37BrCl6K2N4O11S2. The summed E-state index contributed by atoms with van der Waals surface area (Å²) in [6, 6.07) is 5.77. The Labute approximate surface area is 441 Å². The van der Waals surface area contributed by atoms with Crippen molar-refractivity contribution in [2.75, 3.05) is 59.9 Å². The van der Waals surface area contributed by atoms with E-state index < -0.39 is 26.4 Å². The van der Waals surface area contributed by atoms with Gasteiger partial charge >= 0.3 is 135 Å². The van der Waals surface area contributed by atoms with E-state index in [0.717, 1.165) is 12.9 Å². The maximum absolute atomic E-state index is 12.7. The summed E-state index contributed by atoms with van der Waals surface area (Å²) in [7, 11) is -7.50. The zero-order chi connectivity index (χ0) is 38.9. The molecule has 2 aromatic carbocycles. The van der Waals surface area contributed by atoms with Crippen LogP contribution in [0.1, 0.15) is 35.5 Å². The number of halogens is 7. The van der Waals surface area contributed by atoms with Crippen molar-refractivity contribution in [2.45, 2.75) is 34.1 Å². The van der Waals surface area contributed by atoms with Gasteiger partial charge < -0.3 is 21.0 Å². The summed E-state index contributed by atoms with van der Waals surface area (Å²) in [6.07, 6.45) is 1.21. The van der Waals surface area contributed by atoms with Crippen molar-refractivity contribution < 1.29 is 155 Å². The van der Waals surface area contributed by atoms with Crippen molar-refractivity contribution in [1.82, 2.24) is 9.03 Å². The predicted octanol–water partition coefficient (Wildman–Crippen LogP) is -0.206. The van der Waals surface area contributed by atoms with Crippen molar-refractivity contribution in [3.63, 3.8) is 0 Å². The van der Waals surface area contributed by atoms with Gasteiger partial charge in [-0.05, 0) is 51.0 Å². The fraction of sp³-hybridized carbons (Fsp3) is 0.464. The molecule has 4 rings (SSSR count). The largest absolute Gasteiger partial charge is 1.00 e. The average Bonchev–Trinajstić information content (AvgIpc) is 3.03. The molecule has 2 aliphatic rings. The minimum absolute atomic E-state index is 0. The zero-order valence-electron chi connectivity index (χ0n) is 29.8. The molecule has 2 aliphatic heterocycles. The van der Waals surface area contributed by atoms with Gasteiger partial charge in [0.1, 0.15) is 11.9 Å². The number of ether oxygens (including phenoxy) is 2. The van der Waals surface area contributed by atoms with Crippen molar-refractivity contribution in [2.24, 2.45) is 0 Å². The number of hydrogen-bond donors (Lipinski definition) is 1. The summed E-state index contributed by atoms with van der Waals surface area (Å²) in [6.45, 7) is 4.75. The van der Waals surface area contributed by atoms with Crippen LogP contribution in [0.25, 0.3) is 0 Å². The van der Waals surface area contributed by atoms with E-state index in [1.54, 1.807) is 13.8 Å². The number of rotatable bonds is 8. The third kappa shape index (κ3) is 19.9. The first kappa shape index (κ1) is 60.0. The van der Waals surface area contributed by atoms with E-state index in [0.29, 0.717) is 47.9 Å². The molecule has 15 nitrogen and oxygen atoms in total. The van der Waals surface area contributed by atoms with Gasteiger partial charge in [-0.1, -0.05) is 93.0 Å². The molecule has 0 aromatic heterocycles. The summed E-state index contributed by atoms with van der Waals surface area (Å²) < 4.78 is 64.2. The van der Waals surface area contributed by atoms with Gasteiger partial charge in [0.2, 0.25) is 0 Å². The van der Waals surface area contributed by atoms with Crippen LogP contribution in [0, 0.1) is 0 Å². The van der Waals surface area contributed by atoms with Gasteiger partial charge in [0.15, 0.2) is 0 Å². The fourth-order valence-corrected chi connectivity index (χ4v) is 9.56. The van der Waals surface area contributed by atoms with Crippen LogP contribution in [0.4, 0.5) is 11.4 Å². The third-order valence-electron chi connectivity index (χ3n) is 6.01. The summed E-state index contributed by atoms with van der Waals surface area (Å²) >= 11 is 38.8. The van der Waals surface area contributed by atoms with Crippen LogP contribution >= 0.6 is 85.5 Å². The first-order chi connectivity index (χ1) is 23.9. The van der Waals surface area contributed by atoms with Crippen LogP contribution in [0.3, 0.4) is 0 Å². The molecule has 2 aromatic rings. The summed E-state index contributed by atoms with van der Waals surface area (Å²) in [5.74, 6) is -0.811. The molecule has 2 saturated heterocycles. The molecule has 2 heterocycles. The van der Waals surface area contributed by atoms with Gasteiger partial charge in [-0.15, -0.1) is 0 Å². The molecule has 0 atom stereocenters. The molecule has 0 amide bonds. The van der Waals surface area contributed by atoms with Crippen molar-refractivity contribution >= 4 is 136 Å². The quantitative estimate of drug-likeness (QED) is 0.0920. The Balaban J connectivity index is -0.000000359. The molecule has 0 aliphatic carbocycles. The molecule has 0 spiro atoms. The fourth-order valence-electron chi connectivity index (χ4n) is 4.10. The number of esters is 2. The van der Waals surface area contributed by atoms with Crippen molar-refractivity contribution in [3.05, 3.63) is 54.4 Å².